The van der Waals surface area contributed by atoms with Gasteiger partial charge in [-0.3, -0.25) is 9.59 Å². The predicted molar refractivity (Wildman–Crippen MR) is 127 cm³/mol. The van der Waals surface area contributed by atoms with Gasteiger partial charge in [-0.2, -0.15) is 4.31 Å². The summed E-state index contributed by atoms with van der Waals surface area (Å²) in [5, 5.41) is 5.96. The van der Waals surface area contributed by atoms with Gasteiger partial charge in [-0.1, -0.05) is 31.4 Å². The number of para-hydroxylation sites is 1. The van der Waals surface area contributed by atoms with Gasteiger partial charge in [-0.15, -0.1) is 0 Å². The maximum atomic E-state index is 13.2. The largest absolute Gasteiger partial charge is 0.349 e. The zero-order chi connectivity index (χ0) is 24.1. The van der Waals surface area contributed by atoms with Crippen LogP contribution in [-0.2, 0) is 14.8 Å². The molecule has 2 fully saturated rings. The van der Waals surface area contributed by atoms with Gasteiger partial charge in [0, 0.05) is 25.0 Å². The van der Waals surface area contributed by atoms with E-state index in [1.165, 1.54) is 22.9 Å². The Morgan fingerprint density at radius 1 is 0.882 bits per heavy atom. The van der Waals surface area contributed by atoms with Crippen molar-refractivity contribution in [3.8, 4) is 0 Å². The monoisotopic (exact) mass is 487 g/mol. The Hall–Kier alpha value is -2.78. The van der Waals surface area contributed by atoms with E-state index < -0.39 is 15.8 Å². The van der Waals surface area contributed by atoms with Crippen molar-refractivity contribution in [3.05, 3.63) is 59.9 Å². The van der Waals surface area contributed by atoms with Gasteiger partial charge < -0.3 is 10.6 Å². The van der Waals surface area contributed by atoms with E-state index in [2.05, 4.69) is 10.6 Å². The average Bonchev–Trinajstić information content (AvgIpc) is 2.85. The molecule has 1 heterocycles. The molecule has 1 aliphatic heterocycles. The Labute approximate surface area is 199 Å². The Balaban J connectivity index is 1.36. The van der Waals surface area contributed by atoms with E-state index in [1.807, 2.05) is 0 Å². The van der Waals surface area contributed by atoms with Crippen LogP contribution in [0.1, 0.15) is 55.3 Å². The Bertz CT molecular complexity index is 1120. The highest BCUT2D eigenvalue weighted by atomic mass is 32.2. The second-order valence-electron chi connectivity index (χ2n) is 8.98. The molecule has 7 nitrogen and oxygen atoms in total. The van der Waals surface area contributed by atoms with Gasteiger partial charge in [-0.05, 0) is 62.1 Å². The normalized spacial score (nSPS) is 18.4. The van der Waals surface area contributed by atoms with E-state index in [0.29, 0.717) is 24.1 Å². The number of amides is 2. The molecule has 2 amide bonds. The van der Waals surface area contributed by atoms with Crippen molar-refractivity contribution in [3.63, 3.8) is 0 Å². The molecule has 1 aliphatic carbocycles. The quantitative estimate of drug-likeness (QED) is 0.646. The van der Waals surface area contributed by atoms with Gasteiger partial charge >= 0.3 is 0 Å². The summed E-state index contributed by atoms with van der Waals surface area (Å²) in [6, 6.07) is 11.8. The minimum atomic E-state index is -3.74. The fourth-order valence-electron chi connectivity index (χ4n) is 4.65. The second-order valence-corrected chi connectivity index (χ2v) is 10.9. The standard InChI is InChI=1S/C25H30FN3O4S/c26-19-10-12-21(13-11-19)34(32,33)29-16-14-18(15-17-29)24(30)28-23-9-5-4-8-22(23)25(31)27-20-6-2-1-3-7-20/h4-5,8-13,18,20H,1-3,6-7,14-17H2,(H,27,31)(H,28,30). The summed E-state index contributed by atoms with van der Waals surface area (Å²) in [5.74, 6) is -1.28. The molecule has 1 saturated carbocycles. The van der Waals surface area contributed by atoms with Gasteiger partial charge in [0.05, 0.1) is 16.1 Å². The first-order chi connectivity index (χ1) is 16.3. The van der Waals surface area contributed by atoms with E-state index in [9.17, 15) is 22.4 Å². The molecule has 0 unspecified atom stereocenters. The van der Waals surface area contributed by atoms with Gasteiger partial charge in [0.25, 0.3) is 5.91 Å². The van der Waals surface area contributed by atoms with Gasteiger partial charge in [0.1, 0.15) is 5.82 Å². The van der Waals surface area contributed by atoms with E-state index >= 15 is 0 Å². The first kappa shape index (κ1) is 24.3. The molecular formula is C25H30FN3O4S. The number of halogens is 1. The number of piperidine rings is 1. The smallest absolute Gasteiger partial charge is 0.253 e. The van der Waals surface area contributed by atoms with Crippen molar-refractivity contribution in [2.75, 3.05) is 18.4 Å². The third-order valence-electron chi connectivity index (χ3n) is 6.65. The molecule has 0 spiro atoms. The fraction of sp³-hybridized carbons (Fsp3) is 0.440. The lowest BCUT2D eigenvalue weighted by Gasteiger charge is -2.30. The lowest BCUT2D eigenvalue weighted by atomic mass is 9.95. The molecule has 0 atom stereocenters. The van der Waals surface area contributed by atoms with Gasteiger partial charge in [0.2, 0.25) is 15.9 Å². The summed E-state index contributed by atoms with van der Waals surface area (Å²) in [4.78, 5) is 25.8. The molecule has 2 aliphatic rings. The number of nitrogens with one attached hydrogen (secondary N) is 2. The maximum absolute atomic E-state index is 13.2. The Kier molecular flexibility index (Phi) is 7.63. The molecular weight excluding hydrogens is 457 g/mol. The van der Waals surface area contributed by atoms with Crippen LogP contribution in [0.4, 0.5) is 10.1 Å². The molecule has 0 bridgehead atoms. The molecule has 2 aromatic carbocycles. The van der Waals surface area contributed by atoms with Gasteiger partial charge in [-0.25, -0.2) is 12.8 Å². The molecule has 34 heavy (non-hydrogen) atoms. The number of rotatable bonds is 6. The van der Waals surface area contributed by atoms with E-state index in [0.717, 1.165) is 37.8 Å². The number of nitrogens with zero attached hydrogens (tertiary/aromatic N) is 1. The zero-order valence-corrected chi connectivity index (χ0v) is 19.8. The number of benzene rings is 2. The number of hydrogen-bond acceptors (Lipinski definition) is 4. The zero-order valence-electron chi connectivity index (χ0n) is 19.0. The predicted octanol–water partition coefficient (Wildman–Crippen LogP) is 3.93. The number of sulfonamides is 1. The molecule has 9 heteroatoms. The van der Waals surface area contributed by atoms with Crippen LogP contribution in [0.25, 0.3) is 0 Å². The highest BCUT2D eigenvalue weighted by molar-refractivity contribution is 7.89. The fourth-order valence-corrected chi connectivity index (χ4v) is 6.12. The van der Waals surface area contributed by atoms with Crippen molar-refractivity contribution in [2.24, 2.45) is 5.92 Å². The van der Waals surface area contributed by atoms with E-state index in [1.54, 1.807) is 24.3 Å². The summed E-state index contributed by atoms with van der Waals surface area (Å²) < 4.78 is 40.1. The molecule has 1 saturated heterocycles. The van der Waals surface area contributed by atoms with Crippen LogP contribution in [-0.4, -0.2) is 43.7 Å². The number of carbonyl (C=O) groups is 2. The molecule has 0 aromatic heterocycles. The highest BCUT2D eigenvalue weighted by Crippen LogP contribution is 2.26. The molecule has 0 radical (unpaired) electrons. The summed E-state index contributed by atoms with van der Waals surface area (Å²) in [6.45, 7) is 0.392. The van der Waals surface area contributed by atoms with Crippen LogP contribution in [0.5, 0.6) is 0 Å². The summed E-state index contributed by atoms with van der Waals surface area (Å²) in [5.41, 5.74) is 0.889. The van der Waals surface area contributed by atoms with Crippen molar-refractivity contribution >= 4 is 27.5 Å². The highest BCUT2D eigenvalue weighted by Gasteiger charge is 2.32. The number of anilines is 1. The lowest BCUT2D eigenvalue weighted by Crippen LogP contribution is -2.41. The summed E-state index contributed by atoms with van der Waals surface area (Å²) >= 11 is 0. The van der Waals surface area contributed by atoms with Crippen LogP contribution in [0, 0.1) is 11.7 Å². The van der Waals surface area contributed by atoms with Gasteiger partial charge in [0.15, 0.2) is 0 Å². The third-order valence-corrected chi connectivity index (χ3v) is 8.56. The minimum Gasteiger partial charge on any atom is -0.349 e. The Morgan fingerprint density at radius 3 is 2.21 bits per heavy atom. The first-order valence-electron chi connectivity index (χ1n) is 11.8. The molecule has 4 rings (SSSR count). The third kappa shape index (κ3) is 5.64. The first-order valence-corrected chi connectivity index (χ1v) is 13.2. The van der Waals surface area contributed by atoms with Crippen LogP contribution in [0.2, 0.25) is 0 Å². The topological polar surface area (TPSA) is 95.6 Å². The van der Waals surface area contributed by atoms with E-state index in [-0.39, 0.29) is 41.8 Å². The summed E-state index contributed by atoms with van der Waals surface area (Å²) in [7, 11) is -3.74. The molecule has 182 valence electrons. The average molecular weight is 488 g/mol. The minimum absolute atomic E-state index is 0.0368. The lowest BCUT2D eigenvalue weighted by molar-refractivity contribution is -0.120. The van der Waals surface area contributed by atoms with Crippen LogP contribution < -0.4 is 10.6 Å². The van der Waals surface area contributed by atoms with Crippen molar-refractivity contribution in [1.82, 2.24) is 9.62 Å². The van der Waals surface area contributed by atoms with Crippen molar-refractivity contribution < 1.29 is 22.4 Å². The molecule has 2 N–H and O–H groups in total. The van der Waals surface area contributed by atoms with Crippen LogP contribution in [0.15, 0.2) is 53.4 Å². The van der Waals surface area contributed by atoms with Crippen LogP contribution >= 0.6 is 0 Å². The van der Waals surface area contributed by atoms with E-state index in [4.69, 9.17) is 0 Å². The number of carbonyl (C=O) groups excluding carboxylic acids is 2. The second kappa shape index (κ2) is 10.7. The SMILES string of the molecule is O=C(NC1CCCCC1)c1ccccc1NC(=O)C1CCN(S(=O)(=O)c2ccc(F)cc2)CC1. The number of hydrogen-bond donors (Lipinski definition) is 2. The van der Waals surface area contributed by atoms with Crippen molar-refractivity contribution in [1.29, 1.82) is 0 Å². The molecule has 2 aromatic rings. The van der Waals surface area contributed by atoms with Crippen molar-refractivity contribution in [2.45, 2.75) is 55.9 Å². The maximum Gasteiger partial charge on any atom is 0.253 e. The Morgan fingerprint density at radius 2 is 1.53 bits per heavy atom. The summed E-state index contributed by atoms with van der Waals surface area (Å²) in [6.07, 6.45) is 6.09. The van der Waals surface area contributed by atoms with Crippen LogP contribution in [0.3, 0.4) is 0 Å².